The minimum atomic E-state index is -0.976. The number of carboxylic acids is 1. The first-order valence-corrected chi connectivity index (χ1v) is 4.72. The first kappa shape index (κ1) is 10.3. The Morgan fingerprint density at radius 1 is 1.31 bits per heavy atom. The second-order valence-corrected chi connectivity index (χ2v) is 3.70. The van der Waals surface area contributed by atoms with Gasteiger partial charge in [0.25, 0.3) is 0 Å². The van der Waals surface area contributed by atoms with Gasteiger partial charge in [0.1, 0.15) is 0 Å². The second kappa shape index (κ2) is 4.42. The molecule has 0 aromatic rings. The van der Waals surface area contributed by atoms with Crippen LogP contribution in [0.5, 0.6) is 0 Å². The van der Waals surface area contributed by atoms with Crippen molar-refractivity contribution in [2.45, 2.75) is 44.1 Å². The maximum Gasteiger partial charge on any atom is 0.306 e. The van der Waals surface area contributed by atoms with E-state index in [1.807, 2.05) is 6.08 Å². The van der Waals surface area contributed by atoms with E-state index in [0.717, 1.165) is 19.3 Å². The van der Waals surface area contributed by atoms with Crippen molar-refractivity contribution < 1.29 is 15.0 Å². The lowest BCUT2D eigenvalue weighted by Crippen LogP contribution is -2.32. The van der Waals surface area contributed by atoms with Crippen LogP contribution in [-0.4, -0.2) is 21.8 Å². The van der Waals surface area contributed by atoms with Crippen molar-refractivity contribution in [3.63, 3.8) is 0 Å². The molecule has 0 saturated heterocycles. The SMILES string of the molecule is O=C(O)C[C@]1(O)CC/C=C\CCC1. The van der Waals surface area contributed by atoms with E-state index in [9.17, 15) is 9.90 Å². The molecule has 0 aromatic heterocycles. The maximum absolute atomic E-state index is 10.5. The molecule has 3 nitrogen and oxygen atoms in total. The van der Waals surface area contributed by atoms with Crippen molar-refractivity contribution in [3.8, 4) is 0 Å². The number of carbonyl (C=O) groups is 1. The smallest absolute Gasteiger partial charge is 0.306 e. The molecular weight excluding hydrogens is 168 g/mol. The van der Waals surface area contributed by atoms with Crippen molar-refractivity contribution >= 4 is 5.97 Å². The average Bonchev–Trinajstić information content (AvgIpc) is 1.97. The van der Waals surface area contributed by atoms with E-state index in [1.165, 1.54) is 0 Å². The van der Waals surface area contributed by atoms with E-state index in [1.54, 1.807) is 0 Å². The highest BCUT2D eigenvalue weighted by molar-refractivity contribution is 5.68. The minimum absolute atomic E-state index is 0.124. The molecule has 3 heteroatoms. The Morgan fingerprint density at radius 2 is 2.00 bits per heavy atom. The highest BCUT2D eigenvalue weighted by Crippen LogP contribution is 2.26. The summed E-state index contributed by atoms with van der Waals surface area (Å²) in [7, 11) is 0. The van der Waals surface area contributed by atoms with Crippen molar-refractivity contribution in [3.05, 3.63) is 12.2 Å². The molecule has 13 heavy (non-hydrogen) atoms. The van der Waals surface area contributed by atoms with Crippen LogP contribution in [0.15, 0.2) is 12.2 Å². The molecule has 0 fully saturated rings. The molecule has 0 radical (unpaired) electrons. The van der Waals surface area contributed by atoms with Gasteiger partial charge in [-0.25, -0.2) is 0 Å². The fraction of sp³-hybridized carbons (Fsp3) is 0.700. The third kappa shape index (κ3) is 3.59. The monoisotopic (exact) mass is 184 g/mol. The summed E-state index contributed by atoms with van der Waals surface area (Å²) >= 11 is 0. The van der Waals surface area contributed by atoms with Gasteiger partial charge in [-0.05, 0) is 32.1 Å². The Morgan fingerprint density at radius 3 is 2.69 bits per heavy atom. The summed E-state index contributed by atoms with van der Waals surface area (Å²) in [6.07, 6.45) is 7.76. The number of aliphatic carboxylic acids is 1. The largest absolute Gasteiger partial charge is 0.481 e. The Hall–Kier alpha value is -0.830. The number of allylic oxidation sites excluding steroid dienone is 2. The summed E-state index contributed by atoms with van der Waals surface area (Å²) in [6, 6.07) is 0. The van der Waals surface area contributed by atoms with Crippen LogP contribution >= 0.6 is 0 Å². The summed E-state index contributed by atoms with van der Waals surface area (Å²) in [5, 5.41) is 18.5. The Balaban J connectivity index is 2.53. The van der Waals surface area contributed by atoms with Gasteiger partial charge in [-0.1, -0.05) is 12.2 Å². The molecule has 74 valence electrons. The molecule has 0 aromatic carbocycles. The van der Waals surface area contributed by atoms with Gasteiger partial charge in [-0.15, -0.1) is 0 Å². The summed E-state index contributed by atoms with van der Waals surface area (Å²) in [4.78, 5) is 10.5. The number of aliphatic hydroxyl groups is 1. The molecule has 1 rings (SSSR count). The number of rotatable bonds is 2. The zero-order valence-electron chi connectivity index (χ0n) is 7.70. The number of hydrogen-bond acceptors (Lipinski definition) is 2. The van der Waals surface area contributed by atoms with E-state index in [-0.39, 0.29) is 6.42 Å². The van der Waals surface area contributed by atoms with Gasteiger partial charge >= 0.3 is 5.97 Å². The molecule has 0 saturated carbocycles. The highest BCUT2D eigenvalue weighted by atomic mass is 16.4. The van der Waals surface area contributed by atoms with Crippen LogP contribution in [0.2, 0.25) is 0 Å². The van der Waals surface area contributed by atoms with Gasteiger partial charge in [0.2, 0.25) is 0 Å². The van der Waals surface area contributed by atoms with Gasteiger partial charge in [0.15, 0.2) is 0 Å². The van der Waals surface area contributed by atoms with E-state index in [0.29, 0.717) is 12.8 Å². The van der Waals surface area contributed by atoms with E-state index < -0.39 is 11.6 Å². The van der Waals surface area contributed by atoms with Crippen LogP contribution < -0.4 is 0 Å². The molecule has 0 heterocycles. The van der Waals surface area contributed by atoms with Crippen molar-refractivity contribution in [2.24, 2.45) is 0 Å². The molecule has 0 aliphatic heterocycles. The number of carboxylic acid groups (broad SMARTS) is 1. The minimum Gasteiger partial charge on any atom is -0.481 e. The molecular formula is C10H16O3. The maximum atomic E-state index is 10.5. The van der Waals surface area contributed by atoms with Crippen molar-refractivity contribution in [1.82, 2.24) is 0 Å². The summed E-state index contributed by atoms with van der Waals surface area (Å²) in [6.45, 7) is 0. The molecule has 1 aliphatic rings. The van der Waals surface area contributed by atoms with Gasteiger partial charge < -0.3 is 10.2 Å². The third-order valence-electron chi connectivity index (χ3n) is 2.44. The fourth-order valence-electron chi connectivity index (χ4n) is 1.72. The first-order chi connectivity index (χ1) is 6.12. The van der Waals surface area contributed by atoms with Crippen LogP contribution in [0.3, 0.4) is 0 Å². The quantitative estimate of drug-likeness (QED) is 0.642. The summed E-state index contributed by atoms with van der Waals surface area (Å²) in [5.41, 5.74) is -0.976. The van der Waals surface area contributed by atoms with E-state index >= 15 is 0 Å². The second-order valence-electron chi connectivity index (χ2n) is 3.70. The zero-order valence-corrected chi connectivity index (χ0v) is 7.70. The van der Waals surface area contributed by atoms with Gasteiger partial charge in [0.05, 0.1) is 12.0 Å². The lowest BCUT2D eigenvalue weighted by atomic mass is 9.87. The Bertz CT molecular complexity index is 210. The van der Waals surface area contributed by atoms with Crippen LogP contribution in [0.25, 0.3) is 0 Å². The van der Waals surface area contributed by atoms with Gasteiger partial charge in [0, 0.05) is 0 Å². The predicted molar refractivity (Wildman–Crippen MR) is 49.4 cm³/mol. The standard InChI is InChI=1S/C10H16O3/c11-9(12)8-10(13)6-4-2-1-3-5-7-10/h1-2,13H,3-8H2,(H,11,12)/b2-1-/t10-/m0/s1. The molecule has 0 spiro atoms. The van der Waals surface area contributed by atoms with E-state index in [4.69, 9.17) is 5.11 Å². The third-order valence-corrected chi connectivity index (χ3v) is 2.44. The first-order valence-electron chi connectivity index (χ1n) is 4.72. The molecule has 0 bridgehead atoms. The molecule has 1 aliphatic carbocycles. The van der Waals surface area contributed by atoms with Crippen LogP contribution in [-0.2, 0) is 4.79 Å². The zero-order chi connectivity index (χ0) is 9.73. The van der Waals surface area contributed by atoms with E-state index in [2.05, 4.69) is 6.08 Å². The van der Waals surface area contributed by atoms with Crippen LogP contribution in [0, 0.1) is 0 Å². The highest BCUT2D eigenvalue weighted by Gasteiger charge is 2.28. The fourth-order valence-corrected chi connectivity index (χ4v) is 1.72. The number of hydrogen-bond donors (Lipinski definition) is 2. The Labute approximate surface area is 78.1 Å². The van der Waals surface area contributed by atoms with Crippen molar-refractivity contribution in [1.29, 1.82) is 0 Å². The van der Waals surface area contributed by atoms with Crippen LogP contribution in [0.4, 0.5) is 0 Å². The van der Waals surface area contributed by atoms with Gasteiger partial charge in [-0.3, -0.25) is 4.79 Å². The topological polar surface area (TPSA) is 57.5 Å². The lowest BCUT2D eigenvalue weighted by molar-refractivity contribution is -0.143. The van der Waals surface area contributed by atoms with Crippen LogP contribution in [0.1, 0.15) is 38.5 Å². The predicted octanol–water partition coefficient (Wildman–Crippen LogP) is 1.71. The average molecular weight is 184 g/mol. The molecule has 2 N–H and O–H groups in total. The molecule has 0 unspecified atom stereocenters. The molecule has 1 atom stereocenters. The lowest BCUT2D eigenvalue weighted by Gasteiger charge is -2.26. The van der Waals surface area contributed by atoms with Gasteiger partial charge in [-0.2, -0.15) is 0 Å². The van der Waals surface area contributed by atoms with Crippen molar-refractivity contribution in [2.75, 3.05) is 0 Å². The molecule has 0 amide bonds. The summed E-state index contributed by atoms with van der Waals surface area (Å²) in [5.74, 6) is -0.910. The normalized spacial score (nSPS) is 31.8. The Kier molecular flexibility index (Phi) is 3.48. The summed E-state index contributed by atoms with van der Waals surface area (Å²) < 4.78 is 0.